The first-order valence-corrected chi connectivity index (χ1v) is 24.0. The largest absolute Gasteiger partial charge is 0.394 e. The van der Waals surface area contributed by atoms with Gasteiger partial charge in [0.25, 0.3) is 0 Å². The van der Waals surface area contributed by atoms with E-state index >= 15 is 0 Å². The van der Waals surface area contributed by atoms with E-state index in [0.717, 1.165) is 37.7 Å². The Balaban J connectivity index is 1.09. The molecule has 3 saturated heterocycles. The van der Waals surface area contributed by atoms with Gasteiger partial charge in [-0.2, -0.15) is 0 Å². The van der Waals surface area contributed by atoms with Crippen molar-refractivity contribution in [3.63, 3.8) is 0 Å². The van der Waals surface area contributed by atoms with Gasteiger partial charge in [-0.15, -0.1) is 0 Å². The molecule has 7 fully saturated rings. The molecule has 25 atom stereocenters. The molecule has 7 aliphatic rings. The molecular weight excluding hydrogens is 852 g/mol. The molecule has 0 aromatic heterocycles. The van der Waals surface area contributed by atoms with Crippen LogP contribution in [0.3, 0.4) is 0 Å². The van der Waals surface area contributed by atoms with Gasteiger partial charge in [0.1, 0.15) is 73.2 Å². The molecule has 18 nitrogen and oxygen atoms in total. The maximum Gasteiger partial charge on any atom is 0.187 e. The number of rotatable bonds is 13. The molecule has 0 aromatic carbocycles. The van der Waals surface area contributed by atoms with Gasteiger partial charge in [0.15, 0.2) is 18.9 Å². The van der Waals surface area contributed by atoms with E-state index in [1.807, 2.05) is 20.8 Å². The van der Waals surface area contributed by atoms with Gasteiger partial charge in [-0.3, -0.25) is 0 Å². The molecule has 0 aromatic rings. The molecule has 0 unspecified atom stereocenters. The smallest absolute Gasteiger partial charge is 0.187 e. The zero-order chi connectivity index (χ0) is 47.7. The molecule has 0 spiro atoms. The van der Waals surface area contributed by atoms with Gasteiger partial charge in [0, 0.05) is 0 Å². The first-order chi connectivity index (χ1) is 30.4. The van der Waals surface area contributed by atoms with E-state index in [1.165, 1.54) is 0 Å². The van der Waals surface area contributed by atoms with Crippen LogP contribution in [0.15, 0.2) is 11.6 Å². The highest BCUT2D eigenvalue weighted by Crippen LogP contribution is 2.73. The summed E-state index contributed by atoms with van der Waals surface area (Å²) in [7, 11) is 0. The lowest BCUT2D eigenvalue weighted by Gasteiger charge is -2.67. The molecule has 18 heteroatoms. The van der Waals surface area contributed by atoms with Crippen LogP contribution in [0.1, 0.15) is 106 Å². The Kier molecular flexibility index (Phi) is 15.7. The van der Waals surface area contributed by atoms with Crippen LogP contribution in [0.2, 0.25) is 0 Å². The van der Waals surface area contributed by atoms with Crippen LogP contribution in [0.5, 0.6) is 0 Å². The van der Waals surface area contributed by atoms with E-state index in [1.54, 1.807) is 0 Å². The average Bonchev–Trinajstić information content (AvgIpc) is 3.65. The van der Waals surface area contributed by atoms with Gasteiger partial charge < -0.3 is 89.7 Å². The summed E-state index contributed by atoms with van der Waals surface area (Å²) in [5.41, 5.74) is -0.750. The van der Waals surface area contributed by atoms with Crippen molar-refractivity contribution in [3.05, 3.63) is 11.6 Å². The standard InChI is InChI=1S/C47H80O18/c1-21(2)9-8-14-47(7,65-43-40(59)37(56)34(53)29(63-43)20-60-41-38(57)35(54)32(51)27(18-48)61-41)24-13-16-46(6)31(24)26(50)17-25-22-10-11-30(44(3,4)23(22)12-15-45(25,46)5)64-42-39(58)36(55)33(52)28(19-49)62-42/h9,22-43,48-59H,8,10-20H2,1-7H3/t22-,23+,24+,25-,26-,27-,28-,29-,30-,31+,32-,33-,34-,35+,36+,37+,38-,39-,40-,41-,42+,43+,45-,46-,47+/m1/s1. The maximum atomic E-state index is 12.6. The summed E-state index contributed by atoms with van der Waals surface area (Å²) in [6.07, 6.45) is -14.7. The Morgan fingerprint density at radius 2 is 1.17 bits per heavy atom. The topological polar surface area (TPSA) is 298 Å². The Labute approximate surface area is 382 Å². The molecule has 0 bridgehead atoms. The summed E-state index contributed by atoms with van der Waals surface area (Å²) in [4.78, 5) is 0. The summed E-state index contributed by atoms with van der Waals surface area (Å²) in [6.45, 7) is 13.4. The van der Waals surface area contributed by atoms with E-state index in [9.17, 15) is 61.3 Å². The highest BCUT2D eigenvalue weighted by Gasteiger charge is 2.69. The van der Waals surface area contributed by atoms with Crippen molar-refractivity contribution in [1.29, 1.82) is 0 Å². The second-order valence-electron chi connectivity index (χ2n) is 22.2. The lowest BCUT2D eigenvalue weighted by Crippen LogP contribution is -2.65. The Morgan fingerprint density at radius 1 is 0.631 bits per heavy atom. The van der Waals surface area contributed by atoms with Gasteiger partial charge >= 0.3 is 0 Å². The molecule has 4 aliphatic carbocycles. The third-order valence-electron chi connectivity index (χ3n) is 18.2. The van der Waals surface area contributed by atoms with E-state index in [4.69, 9.17) is 28.4 Å². The summed E-state index contributed by atoms with van der Waals surface area (Å²) >= 11 is 0. The predicted molar refractivity (Wildman–Crippen MR) is 229 cm³/mol. The Morgan fingerprint density at radius 3 is 1.77 bits per heavy atom. The fourth-order valence-corrected chi connectivity index (χ4v) is 14.1. The van der Waals surface area contributed by atoms with Gasteiger partial charge in [-0.05, 0) is 124 Å². The van der Waals surface area contributed by atoms with Gasteiger partial charge in [-0.25, -0.2) is 0 Å². The molecule has 0 amide bonds. The molecular formula is C47H80O18. The van der Waals surface area contributed by atoms with Crippen LogP contribution in [-0.4, -0.2) is 191 Å². The maximum absolute atomic E-state index is 12.6. The fraction of sp³-hybridized carbons (Fsp3) is 0.957. The second-order valence-corrected chi connectivity index (χ2v) is 22.2. The number of aliphatic hydroxyl groups excluding tert-OH is 12. The van der Waals surface area contributed by atoms with E-state index in [2.05, 4.69) is 33.8 Å². The number of allylic oxidation sites excluding steroid dienone is 2. The van der Waals surface area contributed by atoms with Crippen molar-refractivity contribution in [2.45, 2.75) is 216 Å². The molecule has 3 heterocycles. The first-order valence-electron chi connectivity index (χ1n) is 24.0. The summed E-state index contributed by atoms with van der Waals surface area (Å²) in [6, 6.07) is 0. The minimum atomic E-state index is -1.72. The van der Waals surface area contributed by atoms with Gasteiger partial charge in [0.05, 0.1) is 37.6 Å². The second kappa shape index (κ2) is 19.7. The third-order valence-corrected chi connectivity index (χ3v) is 18.2. The lowest BCUT2D eigenvalue weighted by atomic mass is 9.39. The van der Waals surface area contributed by atoms with Crippen molar-refractivity contribution in [2.24, 2.45) is 45.8 Å². The monoisotopic (exact) mass is 933 g/mol. The highest BCUT2D eigenvalue weighted by molar-refractivity contribution is 5.18. The van der Waals surface area contributed by atoms with Crippen LogP contribution in [0, 0.1) is 45.8 Å². The molecule has 3 aliphatic heterocycles. The molecule has 12 N–H and O–H groups in total. The summed E-state index contributed by atoms with van der Waals surface area (Å²) in [5.74, 6) is 0.275. The van der Waals surface area contributed by atoms with Crippen molar-refractivity contribution in [1.82, 2.24) is 0 Å². The number of ether oxygens (including phenoxy) is 6. The minimum absolute atomic E-state index is 0.164. The van der Waals surface area contributed by atoms with Crippen LogP contribution in [-0.2, 0) is 28.4 Å². The first kappa shape index (κ1) is 51.9. The minimum Gasteiger partial charge on any atom is -0.394 e. The van der Waals surface area contributed by atoms with Crippen LogP contribution >= 0.6 is 0 Å². The molecule has 7 rings (SSSR count). The number of fused-ring (bicyclic) bond motifs is 5. The van der Waals surface area contributed by atoms with Crippen LogP contribution in [0.4, 0.5) is 0 Å². The number of hydrogen-bond acceptors (Lipinski definition) is 18. The fourth-order valence-electron chi connectivity index (χ4n) is 14.1. The summed E-state index contributed by atoms with van der Waals surface area (Å²) < 4.78 is 36.5. The number of aliphatic hydroxyl groups is 12. The lowest BCUT2D eigenvalue weighted by molar-refractivity contribution is -0.349. The average molecular weight is 933 g/mol. The zero-order valence-corrected chi connectivity index (χ0v) is 39.1. The van der Waals surface area contributed by atoms with E-state index in [-0.39, 0.29) is 51.9 Å². The quantitative estimate of drug-likeness (QED) is 0.0825. The molecule has 0 radical (unpaired) electrons. The summed E-state index contributed by atoms with van der Waals surface area (Å²) in [5, 5.41) is 128. The van der Waals surface area contributed by atoms with Crippen molar-refractivity contribution in [3.8, 4) is 0 Å². The van der Waals surface area contributed by atoms with E-state index in [0.29, 0.717) is 25.7 Å². The SMILES string of the molecule is CC(C)=CCC[C@](C)(O[C@@H]1O[C@H](CO[C@@H]2O[C@H](CO)[C@@H](O)[C@H](O)[C@H]2O)[C@@H](O)[C@H](O)[C@H]1O)[C@H]1CC[C@]2(C)[C@@H]1[C@H](O)C[C@@H]1[C@@H]3CC[C@@H](O[C@@H]4O[C@H](CO)[C@@H](O)[C@H](O)[C@H]4O)C(C)(C)[C@H]3CC[C@]12C. The van der Waals surface area contributed by atoms with Crippen molar-refractivity contribution < 1.29 is 89.7 Å². The van der Waals surface area contributed by atoms with Gasteiger partial charge in [0.2, 0.25) is 0 Å². The van der Waals surface area contributed by atoms with Gasteiger partial charge in [-0.1, -0.05) is 39.3 Å². The van der Waals surface area contributed by atoms with Crippen LogP contribution < -0.4 is 0 Å². The molecule has 65 heavy (non-hydrogen) atoms. The van der Waals surface area contributed by atoms with Crippen LogP contribution in [0.25, 0.3) is 0 Å². The Bertz CT molecular complexity index is 1630. The normalized spacial score (nSPS) is 51.9. The molecule has 4 saturated carbocycles. The van der Waals surface area contributed by atoms with Crippen molar-refractivity contribution in [2.75, 3.05) is 19.8 Å². The van der Waals surface area contributed by atoms with Crippen molar-refractivity contribution >= 4 is 0 Å². The predicted octanol–water partition coefficient (Wildman–Crippen LogP) is -0.417. The molecule has 376 valence electrons. The van der Waals surface area contributed by atoms with E-state index < -0.39 is 124 Å². The third kappa shape index (κ3) is 9.16. The zero-order valence-electron chi connectivity index (χ0n) is 39.1. The number of hydrogen-bond donors (Lipinski definition) is 12. The Hall–Kier alpha value is -0.980. The highest BCUT2D eigenvalue weighted by atomic mass is 16.7.